The van der Waals surface area contributed by atoms with Gasteiger partial charge in [-0.05, 0) is 52.3 Å². The van der Waals surface area contributed by atoms with Crippen molar-refractivity contribution in [3.05, 3.63) is 52.2 Å². The molecule has 0 fully saturated rings. The van der Waals surface area contributed by atoms with Crippen molar-refractivity contribution < 1.29 is 17.9 Å². The molecule has 8 heteroatoms. The minimum atomic E-state index is -3.56. The molecule has 116 valence electrons. The van der Waals surface area contributed by atoms with Crippen LogP contribution in [0.15, 0.2) is 52.1 Å². The fraction of sp³-hybridized carbons (Fsp3) is 0.143. The van der Waals surface area contributed by atoms with E-state index in [1.54, 1.807) is 12.1 Å². The maximum atomic E-state index is 12.1. The number of rotatable bonds is 5. The van der Waals surface area contributed by atoms with E-state index in [9.17, 15) is 13.2 Å². The Bertz CT molecular complexity index is 778. The summed E-state index contributed by atoms with van der Waals surface area (Å²) in [6.07, 6.45) is 1.28. The standard InChI is InChI=1S/C14H11BrClNO4S/c15-14-12(2-1-8-17-14)21-13(18)7-9-22(19,20)11-5-3-10(16)4-6-11/h1-6,8H,7,9H2. The molecule has 0 N–H and O–H groups in total. The maximum absolute atomic E-state index is 12.1. The molecule has 0 spiro atoms. The van der Waals surface area contributed by atoms with E-state index in [4.69, 9.17) is 16.3 Å². The van der Waals surface area contributed by atoms with Gasteiger partial charge in [-0.2, -0.15) is 0 Å². The van der Waals surface area contributed by atoms with E-state index < -0.39 is 15.8 Å². The fourth-order valence-corrected chi connectivity index (χ4v) is 3.28. The third-order valence-corrected chi connectivity index (χ3v) is 5.28. The van der Waals surface area contributed by atoms with Crippen molar-refractivity contribution in [3.8, 4) is 5.75 Å². The first kappa shape index (κ1) is 16.9. The van der Waals surface area contributed by atoms with E-state index >= 15 is 0 Å². The minimum absolute atomic E-state index is 0.118. The van der Waals surface area contributed by atoms with E-state index in [0.717, 1.165) is 0 Å². The number of carbonyl (C=O) groups is 1. The number of ether oxygens (including phenoxy) is 1. The number of aromatic nitrogens is 1. The van der Waals surface area contributed by atoms with Gasteiger partial charge < -0.3 is 4.74 Å². The molecule has 0 aliphatic carbocycles. The van der Waals surface area contributed by atoms with Crippen LogP contribution in [0.4, 0.5) is 0 Å². The first-order valence-electron chi connectivity index (χ1n) is 6.18. The van der Waals surface area contributed by atoms with Crippen molar-refractivity contribution in [1.82, 2.24) is 4.98 Å². The molecular formula is C14H11BrClNO4S. The molecule has 1 heterocycles. The fourth-order valence-electron chi connectivity index (χ4n) is 1.60. The van der Waals surface area contributed by atoms with Crippen molar-refractivity contribution in [2.45, 2.75) is 11.3 Å². The molecule has 1 aromatic carbocycles. The number of halogens is 2. The summed E-state index contributed by atoms with van der Waals surface area (Å²) >= 11 is 8.85. The molecule has 0 aliphatic heterocycles. The zero-order valence-electron chi connectivity index (χ0n) is 11.2. The summed E-state index contributed by atoms with van der Waals surface area (Å²) in [5, 5.41) is 0.444. The van der Waals surface area contributed by atoms with Gasteiger partial charge in [-0.25, -0.2) is 13.4 Å². The molecule has 2 rings (SSSR count). The van der Waals surface area contributed by atoms with Crippen molar-refractivity contribution in [2.75, 3.05) is 5.75 Å². The molecule has 0 radical (unpaired) electrons. The first-order valence-corrected chi connectivity index (χ1v) is 9.00. The normalized spacial score (nSPS) is 11.2. The topological polar surface area (TPSA) is 73.3 Å². The second kappa shape index (κ2) is 7.21. The van der Waals surface area contributed by atoms with Crippen LogP contribution in [0, 0.1) is 0 Å². The summed E-state index contributed by atoms with van der Waals surface area (Å²) in [7, 11) is -3.56. The lowest BCUT2D eigenvalue weighted by atomic mass is 10.4. The van der Waals surface area contributed by atoms with Gasteiger partial charge in [0.05, 0.1) is 17.1 Å². The molecular weight excluding hydrogens is 394 g/mol. The predicted octanol–water partition coefficient (Wildman–Crippen LogP) is 3.27. The highest BCUT2D eigenvalue weighted by atomic mass is 79.9. The highest BCUT2D eigenvalue weighted by Gasteiger charge is 2.18. The second-order valence-corrected chi connectivity index (χ2v) is 7.59. The van der Waals surface area contributed by atoms with Crippen molar-refractivity contribution in [1.29, 1.82) is 0 Å². The lowest BCUT2D eigenvalue weighted by molar-refractivity contribution is -0.134. The number of pyridine rings is 1. The summed E-state index contributed by atoms with van der Waals surface area (Å²) in [4.78, 5) is 15.8. The van der Waals surface area contributed by atoms with E-state index in [1.807, 2.05) is 0 Å². The Kier molecular flexibility index (Phi) is 5.55. The van der Waals surface area contributed by atoms with Crippen LogP contribution in [0.5, 0.6) is 5.75 Å². The molecule has 0 saturated heterocycles. The summed E-state index contributed by atoms with van der Waals surface area (Å²) in [5.41, 5.74) is 0. The number of benzene rings is 1. The van der Waals surface area contributed by atoms with Gasteiger partial charge in [0.15, 0.2) is 15.6 Å². The van der Waals surface area contributed by atoms with Crippen LogP contribution in [-0.4, -0.2) is 25.1 Å². The lowest BCUT2D eigenvalue weighted by Crippen LogP contribution is -2.15. The Morgan fingerprint density at radius 1 is 1.23 bits per heavy atom. The van der Waals surface area contributed by atoms with Gasteiger partial charge in [-0.1, -0.05) is 11.6 Å². The Labute approximate surface area is 141 Å². The Morgan fingerprint density at radius 2 is 1.91 bits per heavy atom. The third kappa shape index (κ3) is 4.53. The highest BCUT2D eigenvalue weighted by molar-refractivity contribution is 9.10. The summed E-state index contributed by atoms with van der Waals surface area (Å²) in [6.45, 7) is 0. The monoisotopic (exact) mass is 403 g/mol. The smallest absolute Gasteiger partial charge is 0.312 e. The molecule has 0 amide bonds. The first-order chi connectivity index (χ1) is 10.4. The lowest BCUT2D eigenvalue weighted by Gasteiger charge is -2.06. The molecule has 0 saturated carbocycles. The third-order valence-electron chi connectivity index (χ3n) is 2.70. The van der Waals surface area contributed by atoms with Crippen LogP contribution in [0.25, 0.3) is 0 Å². The largest absolute Gasteiger partial charge is 0.424 e. The molecule has 2 aromatic rings. The van der Waals surface area contributed by atoms with Crippen LogP contribution < -0.4 is 4.74 Å². The highest BCUT2D eigenvalue weighted by Crippen LogP contribution is 2.22. The average molecular weight is 405 g/mol. The quantitative estimate of drug-likeness (QED) is 0.565. The Balaban J connectivity index is 1.98. The van der Waals surface area contributed by atoms with Crippen molar-refractivity contribution >= 4 is 43.3 Å². The van der Waals surface area contributed by atoms with Gasteiger partial charge in [0.25, 0.3) is 0 Å². The molecule has 5 nitrogen and oxygen atoms in total. The van der Waals surface area contributed by atoms with E-state index in [0.29, 0.717) is 9.63 Å². The van der Waals surface area contributed by atoms with Gasteiger partial charge in [-0.15, -0.1) is 0 Å². The van der Waals surface area contributed by atoms with Crippen molar-refractivity contribution in [3.63, 3.8) is 0 Å². The number of hydrogen-bond donors (Lipinski definition) is 0. The zero-order chi connectivity index (χ0) is 16.2. The Hall–Kier alpha value is -1.44. The zero-order valence-corrected chi connectivity index (χ0v) is 14.4. The average Bonchev–Trinajstić information content (AvgIpc) is 2.48. The molecule has 0 aliphatic rings. The molecule has 0 bridgehead atoms. The molecule has 0 atom stereocenters. The predicted molar refractivity (Wildman–Crippen MR) is 85.7 cm³/mol. The summed E-state index contributed by atoms with van der Waals surface area (Å²) < 4.78 is 29.6. The number of carbonyl (C=O) groups excluding carboxylic acids is 1. The summed E-state index contributed by atoms with van der Waals surface area (Å²) in [5.74, 6) is -0.742. The van der Waals surface area contributed by atoms with Crippen molar-refractivity contribution in [2.24, 2.45) is 0 Å². The van der Waals surface area contributed by atoms with E-state index in [-0.39, 0.29) is 22.8 Å². The SMILES string of the molecule is O=C(CCS(=O)(=O)c1ccc(Cl)cc1)Oc1cccnc1Br. The van der Waals surface area contributed by atoms with E-state index in [1.165, 1.54) is 30.5 Å². The number of nitrogens with zero attached hydrogens (tertiary/aromatic N) is 1. The van der Waals surface area contributed by atoms with Gasteiger partial charge in [0.2, 0.25) is 0 Å². The van der Waals surface area contributed by atoms with Gasteiger partial charge in [0.1, 0.15) is 4.60 Å². The summed E-state index contributed by atoms with van der Waals surface area (Å²) in [6, 6.07) is 8.95. The van der Waals surface area contributed by atoms with Gasteiger partial charge >= 0.3 is 5.97 Å². The van der Waals surface area contributed by atoms with Gasteiger partial charge in [-0.3, -0.25) is 4.79 Å². The maximum Gasteiger partial charge on any atom is 0.312 e. The molecule has 1 aromatic heterocycles. The van der Waals surface area contributed by atoms with Crippen LogP contribution >= 0.6 is 27.5 Å². The van der Waals surface area contributed by atoms with Crippen LogP contribution in [0.1, 0.15) is 6.42 Å². The molecule has 22 heavy (non-hydrogen) atoms. The van der Waals surface area contributed by atoms with E-state index in [2.05, 4.69) is 20.9 Å². The van der Waals surface area contributed by atoms with Crippen LogP contribution in [-0.2, 0) is 14.6 Å². The number of esters is 1. The number of hydrogen-bond acceptors (Lipinski definition) is 5. The van der Waals surface area contributed by atoms with Crippen LogP contribution in [0.2, 0.25) is 5.02 Å². The second-order valence-electron chi connectivity index (χ2n) is 4.29. The van der Waals surface area contributed by atoms with Gasteiger partial charge in [0, 0.05) is 11.2 Å². The Morgan fingerprint density at radius 3 is 2.55 bits per heavy atom. The number of sulfone groups is 1. The molecule has 0 unspecified atom stereocenters. The van der Waals surface area contributed by atoms with Crippen LogP contribution in [0.3, 0.4) is 0 Å². The minimum Gasteiger partial charge on any atom is -0.424 e.